The van der Waals surface area contributed by atoms with Crippen LogP contribution in [-0.2, 0) is 0 Å². The third-order valence-corrected chi connectivity index (χ3v) is 11.2. The number of benzene rings is 9. The Morgan fingerprint density at radius 1 is 0.309 bits per heavy atom. The molecule has 4 nitrogen and oxygen atoms in total. The van der Waals surface area contributed by atoms with Gasteiger partial charge in [0.15, 0.2) is 17.5 Å². The van der Waals surface area contributed by atoms with E-state index in [1.165, 1.54) is 59.2 Å². The molecule has 0 saturated carbocycles. The number of aromatic nitrogens is 3. The zero-order valence-electron chi connectivity index (χ0n) is 29.5. The standard InChI is InChI=1S/C51H29N3O/c1-2-11-33(12-3-1)49-52-50(54-51(53-49)41-18-6-5-17-37(41)44-29-34-13-4-7-22-43(34)55-44)36-27-35-26-25-32-15-9-20-39-38-19-8-14-30-23-24-31-16-10-21-40(47(31)45(30)38)42(28-36)48(35)46(32)39/h1-29H. The molecule has 12 rings (SSSR count). The summed E-state index contributed by atoms with van der Waals surface area (Å²) in [4.78, 5) is 15.7. The molecule has 0 fully saturated rings. The summed E-state index contributed by atoms with van der Waals surface area (Å²) < 4.78 is 6.39. The molecule has 4 heteroatoms. The topological polar surface area (TPSA) is 51.8 Å². The Bertz CT molecular complexity index is 3450. The van der Waals surface area contributed by atoms with E-state index in [0.717, 1.165) is 44.4 Å². The molecule has 10 aromatic carbocycles. The van der Waals surface area contributed by atoms with E-state index in [2.05, 4.69) is 127 Å². The van der Waals surface area contributed by atoms with E-state index in [-0.39, 0.29) is 0 Å². The molecule has 0 aliphatic carbocycles. The van der Waals surface area contributed by atoms with Gasteiger partial charge < -0.3 is 4.42 Å². The zero-order chi connectivity index (χ0) is 36.0. The molecule has 0 aliphatic rings. The third-order valence-electron chi connectivity index (χ3n) is 11.2. The Hall–Kier alpha value is -7.43. The molecule has 0 N–H and O–H groups in total. The molecule has 0 atom stereocenters. The normalized spacial score (nSPS) is 12.0. The highest BCUT2D eigenvalue weighted by Gasteiger charge is 2.20. The number of hydrogen-bond donors (Lipinski definition) is 0. The average Bonchev–Trinajstić information content (AvgIpc) is 3.69. The van der Waals surface area contributed by atoms with Crippen molar-refractivity contribution in [3.63, 3.8) is 0 Å². The molecule has 2 heterocycles. The van der Waals surface area contributed by atoms with E-state index in [1.54, 1.807) is 0 Å². The number of nitrogens with zero attached hydrogens (tertiary/aromatic N) is 3. The predicted octanol–water partition coefficient (Wildman–Crippen LogP) is 13.6. The van der Waals surface area contributed by atoms with Gasteiger partial charge in [0.2, 0.25) is 0 Å². The first-order valence-corrected chi connectivity index (χ1v) is 18.6. The van der Waals surface area contributed by atoms with Crippen molar-refractivity contribution in [1.82, 2.24) is 15.0 Å². The molecular weight excluding hydrogens is 671 g/mol. The maximum Gasteiger partial charge on any atom is 0.164 e. The van der Waals surface area contributed by atoms with E-state index < -0.39 is 0 Å². The third kappa shape index (κ3) is 4.55. The van der Waals surface area contributed by atoms with Crippen molar-refractivity contribution in [1.29, 1.82) is 0 Å². The summed E-state index contributed by atoms with van der Waals surface area (Å²) in [6.45, 7) is 0. The first kappa shape index (κ1) is 30.1. The van der Waals surface area contributed by atoms with Crippen LogP contribution < -0.4 is 0 Å². The Balaban J connectivity index is 1.19. The van der Waals surface area contributed by atoms with Gasteiger partial charge in [-0.1, -0.05) is 152 Å². The quantitative estimate of drug-likeness (QED) is 0.172. The molecule has 0 unspecified atom stereocenters. The van der Waals surface area contributed by atoms with Gasteiger partial charge in [-0.25, -0.2) is 15.0 Å². The van der Waals surface area contributed by atoms with Crippen molar-refractivity contribution >= 4 is 75.6 Å². The van der Waals surface area contributed by atoms with Crippen LogP contribution in [0, 0.1) is 0 Å². The van der Waals surface area contributed by atoms with Gasteiger partial charge in [0.1, 0.15) is 11.3 Å². The van der Waals surface area contributed by atoms with Gasteiger partial charge in [-0.2, -0.15) is 0 Å². The zero-order valence-corrected chi connectivity index (χ0v) is 29.5. The molecule has 0 radical (unpaired) electrons. The minimum atomic E-state index is 0.587. The van der Waals surface area contributed by atoms with E-state index in [1.807, 2.05) is 48.5 Å². The second kappa shape index (κ2) is 11.5. The van der Waals surface area contributed by atoms with Crippen molar-refractivity contribution < 1.29 is 4.42 Å². The summed E-state index contributed by atoms with van der Waals surface area (Å²) >= 11 is 0. The monoisotopic (exact) mass is 699 g/mol. The van der Waals surface area contributed by atoms with Gasteiger partial charge >= 0.3 is 0 Å². The maximum atomic E-state index is 6.39. The van der Waals surface area contributed by atoms with E-state index >= 15 is 0 Å². The SMILES string of the molecule is c1ccc(-c2nc(-c3cc4ccc5cccc6c7cccc8ccc9cccc(c(c3)c4c56)c9c87)nc(-c3ccccc3-c3cc4ccccc4o3)n2)cc1. The average molecular weight is 700 g/mol. The van der Waals surface area contributed by atoms with Crippen molar-refractivity contribution in [3.8, 4) is 45.5 Å². The minimum absolute atomic E-state index is 0.587. The molecule has 0 saturated heterocycles. The molecule has 0 amide bonds. The van der Waals surface area contributed by atoms with Gasteiger partial charge in [-0.15, -0.1) is 0 Å². The summed E-state index contributed by atoms with van der Waals surface area (Å²) in [5.74, 6) is 2.59. The molecule has 55 heavy (non-hydrogen) atoms. The van der Waals surface area contributed by atoms with Crippen LogP contribution in [0.1, 0.15) is 0 Å². The summed E-state index contributed by atoms with van der Waals surface area (Å²) in [5.41, 5.74) is 4.50. The van der Waals surface area contributed by atoms with Crippen LogP contribution in [0.25, 0.3) is 121 Å². The number of rotatable bonds is 4. The molecule has 0 spiro atoms. The fourth-order valence-corrected chi connectivity index (χ4v) is 8.76. The van der Waals surface area contributed by atoms with Crippen LogP contribution in [0.4, 0.5) is 0 Å². The highest BCUT2D eigenvalue weighted by molar-refractivity contribution is 6.37. The Kier molecular flexibility index (Phi) is 6.31. The van der Waals surface area contributed by atoms with Crippen molar-refractivity contribution in [2.24, 2.45) is 0 Å². The summed E-state index contributed by atoms with van der Waals surface area (Å²) in [5, 5.41) is 15.8. The number of furan rings is 1. The first-order valence-electron chi connectivity index (χ1n) is 18.6. The lowest BCUT2D eigenvalue weighted by Crippen LogP contribution is -2.01. The van der Waals surface area contributed by atoms with Crippen LogP contribution in [0.15, 0.2) is 180 Å². The highest BCUT2D eigenvalue weighted by Crippen LogP contribution is 2.44. The van der Waals surface area contributed by atoms with Gasteiger partial charge in [-0.05, 0) is 88.9 Å². The lowest BCUT2D eigenvalue weighted by Gasteiger charge is -2.17. The maximum absolute atomic E-state index is 6.39. The van der Waals surface area contributed by atoms with Crippen molar-refractivity contribution in [2.45, 2.75) is 0 Å². The predicted molar refractivity (Wildman–Crippen MR) is 228 cm³/mol. The molecule has 0 bridgehead atoms. The van der Waals surface area contributed by atoms with Crippen LogP contribution in [0.2, 0.25) is 0 Å². The second-order valence-electron chi connectivity index (χ2n) is 14.3. The minimum Gasteiger partial charge on any atom is -0.456 e. The fourth-order valence-electron chi connectivity index (χ4n) is 8.76. The second-order valence-corrected chi connectivity index (χ2v) is 14.3. The molecular formula is C51H29N3O. The lowest BCUT2D eigenvalue weighted by molar-refractivity contribution is 0.631. The Morgan fingerprint density at radius 3 is 1.49 bits per heavy atom. The largest absolute Gasteiger partial charge is 0.456 e. The smallest absolute Gasteiger partial charge is 0.164 e. The summed E-state index contributed by atoms with van der Waals surface area (Å²) in [7, 11) is 0. The fraction of sp³-hybridized carbons (Fsp3) is 0. The molecule has 12 aromatic rings. The van der Waals surface area contributed by atoms with E-state index in [4.69, 9.17) is 19.4 Å². The number of hydrogen-bond acceptors (Lipinski definition) is 4. The number of fused-ring (bicyclic) bond motifs is 3. The van der Waals surface area contributed by atoms with Crippen LogP contribution in [-0.4, -0.2) is 15.0 Å². The van der Waals surface area contributed by atoms with Crippen LogP contribution in [0.5, 0.6) is 0 Å². The van der Waals surface area contributed by atoms with Gasteiger partial charge in [0.05, 0.1) is 0 Å². The Labute approximate surface area is 315 Å². The van der Waals surface area contributed by atoms with Crippen LogP contribution in [0.3, 0.4) is 0 Å². The highest BCUT2D eigenvalue weighted by atomic mass is 16.3. The lowest BCUT2D eigenvalue weighted by atomic mass is 9.87. The molecule has 2 aromatic heterocycles. The van der Waals surface area contributed by atoms with Gasteiger partial charge in [0, 0.05) is 27.6 Å². The van der Waals surface area contributed by atoms with E-state index in [0.29, 0.717) is 17.5 Å². The summed E-state index contributed by atoms with van der Waals surface area (Å²) in [6.07, 6.45) is 0. The van der Waals surface area contributed by atoms with E-state index in [9.17, 15) is 0 Å². The van der Waals surface area contributed by atoms with Gasteiger partial charge in [0.25, 0.3) is 0 Å². The number of para-hydroxylation sites is 1. The van der Waals surface area contributed by atoms with Crippen molar-refractivity contribution in [2.75, 3.05) is 0 Å². The van der Waals surface area contributed by atoms with Gasteiger partial charge in [-0.3, -0.25) is 0 Å². The molecule has 0 aliphatic heterocycles. The summed E-state index contributed by atoms with van der Waals surface area (Å²) in [6, 6.07) is 62.2. The first-order chi connectivity index (χ1) is 27.2. The van der Waals surface area contributed by atoms with Crippen molar-refractivity contribution in [3.05, 3.63) is 176 Å². The molecule has 254 valence electrons. The Morgan fingerprint density at radius 2 is 0.818 bits per heavy atom. The van der Waals surface area contributed by atoms with Crippen LogP contribution >= 0.6 is 0 Å².